The van der Waals surface area contributed by atoms with Crippen molar-refractivity contribution in [2.24, 2.45) is 0 Å². The summed E-state index contributed by atoms with van der Waals surface area (Å²) in [7, 11) is 0. The van der Waals surface area contributed by atoms with Crippen molar-refractivity contribution in [3.8, 4) is 50.4 Å². The van der Waals surface area contributed by atoms with Crippen molar-refractivity contribution in [3.05, 3.63) is 273 Å². The summed E-state index contributed by atoms with van der Waals surface area (Å²) in [5, 5.41) is 14.7. The molecule has 0 unspecified atom stereocenters. The van der Waals surface area contributed by atoms with E-state index < -0.39 is 0 Å². The van der Waals surface area contributed by atoms with Gasteiger partial charge in [-0.15, -0.1) is 0 Å². The number of benzene rings is 13. The molecule has 0 radical (unpaired) electrons. The van der Waals surface area contributed by atoms with Gasteiger partial charge < -0.3 is 13.7 Å². The minimum atomic E-state index is 1.08. The predicted molar refractivity (Wildman–Crippen MR) is 318 cm³/mol. The van der Waals surface area contributed by atoms with Crippen LogP contribution in [-0.4, -0.2) is 13.7 Å². The Bertz CT molecular complexity index is 4490. The lowest BCUT2D eigenvalue weighted by Crippen LogP contribution is -2.03. The third kappa shape index (κ3) is 6.35. The van der Waals surface area contributed by atoms with Crippen LogP contribution in [0.3, 0.4) is 0 Å². The van der Waals surface area contributed by atoms with Crippen molar-refractivity contribution in [2.45, 2.75) is 0 Å². The summed E-state index contributed by atoms with van der Waals surface area (Å²) in [6.45, 7) is 0. The Morgan fingerprint density at radius 1 is 0.173 bits per heavy atom. The molecular formula is C72H45N3. The maximum absolute atomic E-state index is 2.51. The molecule has 0 bridgehead atoms. The molecule has 0 spiro atoms. The first-order chi connectivity index (χ1) is 37.2. The Balaban J connectivity index is 1.02. The van der Waals surface area contributed by atoms with Gasteiger partial charge in [0.2, 0.25) is 0 Å². The van der Waals surface area contributed by atoms with Gasteiger partial charge in [0.05, 0.1) is 50.2 Å². The second-order valence-electron chi connectivity index (χ2n) is 20.0. The molecule has 348 valence electrons. The molecule has 0 aliphatic rings. The Kier molecular flexibility index (Phi) is 9.04. The van der Waals surface area contributed by atoms with Gasteiger partial charge in [0, 0.05) is 32.3 Å². The van der Waals surface area contributed by atoms with E-state index in [0.29, 0.717) is 0 Å². The van der Waals surface area contributed by atoms with Crippen LogP contribution in [0.4, 0.5) is 0 Å². The molecular weight excluding hydrogens is 907 g/mol. The summed E-state index contributed by atoms with van der Waals surface area (Å²) < 4.78 is 7.53. The summed E-state index contributed by atoms with van der Waals surface area (Å²) >= 11 is 0. The van der Waals surface area contributed by atoms with E-state index in [9.17, 15) is 0 Å². The van der Waals surface area contributed by atoms with E-state index in [-0.39, 0.29) is 0 Å². The van der Waals surface area contributed by atoms with E-state index in [2.05, 4.69) is 287 Å². The lowest BCUT2D eigenvalue weighted by Gasteiger charge is -2.18. The van der Waals surface area contributed by atoms with Crippen LogP contribution in [0.1, 0.15) is 0 Å². The average Bonchev–Trinajstić information content (AvgIpc) is 4.17. The van der Waals surface area contributed by atoms with Crippen molar-refractivity contribution >= 4 is 97.7 Å². The van der Waals surface area contributed by atoms with Gasteiger partial charge in [-0.25, -0.2) is 0 Å². The molecule has 0 amide bonds. The fourth-order valence-corrected chi connectivity index (χ4v) is 12.6. The summed E-state index contributed by atoms with van der Waals surface area (Å²) in [6.07, 6.45) is 0. The molecule has 0 aliphatic carbocycles. The molecule has 3 nitrogen and oxygen atoms in total. The second kappa shape index (κ2) is 16.3. The number of rotatable bonds is 6. The van der Waals surface area contributed by atoms with Crippen molar-refractivity contribution in [1.82, 2.24) is 13.7 Å². The van der Waals surface area contributed by atoms with E-state index in [0.717, 1.165) is 50.2 Å². The first-order valence-electron chi connectivity index (χ1n) is 25.9. The van der Waals surface area contributed by atoms with Crippen LogP contribution in [0.5, 0.6) is 0 Å². The number of hydrogen-bond donors (Lipinski definition) is 0. The smallest absolute Gasteiger partial charge is 0.0547 e. The number of nitrogens with zero attached hydrogens (tertiary/aromatic N) is 3. The van der Waals surface area contributed by atoms with Gasteiger partial charge in [-0.3, -0.25) is 0 Å². The molecule has 0 saturated carbocycles. The van der Waals surface area contributed by atoms with Crippen molar-refractivity contribution in [3.63, 3.8) is 0 Å². The first kappa shape index (κ1) is 41.6. The maximum Gasteiger partial charge on any atom is 0.0547 e. The highest BCUT2D eigenvalue weighted by molar-refractivity contribution is 6.14. The van der Waals surface area contributed by atoms with Crippen LogP contribution in [0, 0.1) is 0 Å². The Hall–Kier alpha value is -9.96. The maximum atomic E-state index is 2.51. The number of hydrogen-bond acceptors (Lipinski definition) is 0. The van der Waals surface area contributed by atoms with Crippen LogP contribution in [0.25, 0.3) is 148 Å². The minimum Gasteiger partial charge on any atom is -0.309 e. The number of aromatic nitrogens is 3. The Labute approximate surface area is 432 Å². The second-order valence-corrected chi connectivity index (χ2v) is 20.0. The van der Waals surface area contributed by atoms with Crippen molar-refractivity contribution in [1.29, 1.82) is 0 Å². The summed E-state index contributed by atoms with van der Waals surface area (Å²) in [5.41, 5.74) is 17.4. The Morgan fingerprint density at radius 2 is 0.427 bits per heavy atom. The van der Waals surface area contributed by atoms with Crippen molar-refractivity contribution < 1.29 is 0 Å². The number of fused-ring (bicyclic) bond motifs is 12. The molecule has 16 rings (SSSR count). The summed E-state index contributed by atoms with van der Waals surface area (Å²) in [5.74, 6) is 0. The zero-order chi connectivity index (χ0) is 49.1. The Morgan fingerprint density at radius 3 is 0.747 bits per heavy atom. The van der Waals surface area contributed by atoms with E-state index in [4.69, 9.17) is 0 Å². The average molecular weight is 952 g/mol. The summed E-state index contributed by atoms with van der Waals surface area (Å²) in [6, 6.07) is 101. The highest BCUT2D eigenvalue weighted by atomic mass is 15.0. The van der Waals surface area contributed by atoms with Gasteiger partial charge in [0.1, 0.15) is 0 Å². The van der Waals surface area contributed by atoms with Crippen LogP contribution in [0.15, 0.2) is 273 Å². The zero-order valence-corrected chi connectivity index (χ0v) is 40.8. The van der Waals surface area contributed by atoms with Gasteiger partial charge in [-0.1, -0.05) is 218 Å². The predicted octanol–water partition coefficient (Wildman–Crippen LogP) is 19.4. The largest absolute Gasteiger partial charge is 0.309 e. The van der Waals surface area contributed by atoms with Gasteiger partial charge in [0.15, 0.2) is 0 Å². The SMILES string of the molecule is c1ccc2c(-c3ccc4c5ccccc5n(-c5cc(-n6c7ccccc7c7ccc(-c8cccc9ccccc89)cc76)cc(-n6c7ccccc7c7ccc(-c8cccc9ccccc89)cc76)c5)c4c3)cccc2c1. The van der Waals surface area contributed by atoms with E-state index >= 15 is 0 Å². The molecule has 0 saturated heterocycles. The molecule has 0 N–H and O–H groups in total. The molecule has 75 heavy (non-hydrogen) atoms. The highest BCUT2D eigenvalue weighted by Gasteiger charge is 2.22. The molecule has 0 aliphatic heterocycles. The number of para-hydroxylation sites is 3. The lowest BCUT2D eigenvalue weighted by molar-refractivity contribution is 1.10. The zero-order valence-electron chi connectivity index (χ0n) is 40.8. The quantitative estimate of drug-likeness (QED) is 0.158. The van der Waals surface area contributed by atoms with E-state index in [1.165, 1.54) is 98.0 Å². The van der Waals surface area contributed by atoms with Crippen LogP contribution >= 0.6 is 0 Å². The van der Waals surface area contributed by atoms with Crippen LogP contribution in [-0.2, 0) is 0 Å². The van der Waals surface area contributed by atoms with Crippen LogP contribution < -0.4 is 0 Å². The lowest BCUT2D eigenvalue weighted by atomic mass is 9.97. The fourth-order valence-electron chi connectivity index (χ4n) is 12.6. The van der Waals surface area contributed by atoms with E-state index in [1.54, 1.807) is 0 Å². The van der Waals surface area contributed by atoms with E-state index in [1.807, 2.05) is 0 Å². The third-order valence-electron chi connectivity index (χ3n) is 16.0. The minimum absolute atomic E-state index is 1.08. The van der Waals surface area contributed by atoms with Crippen LogP contribution in [0.2, 0.25) is 0 Å². The third-order valence-corrected chi connectivity index (χ3v) is 16.0. The van der Waals surface area contributed by atoms with Crippen molar-refractivity contribution in [2.75, 3.05) is 0 Å². The molecule has 0 atom stereocenters. The molecule has 0 fully saturated rings. The topological polar surface area (TPSA) is 14.8 Å². The molecule has 3 aromatic heterocycles. The fraction of sp³-hybridized carbons (Fsp3) is 0. The normalized spacial score (nSPS) is 12.0. The van der Waals surface area contributed by atoms with Gasteiger partial charge in [-0.2, -0.15) is 0 Å². The monoisotopic (exact) mass is 951 g/mol. The van der Waals surface area contributed by atoms with Gasteiger partial charge in [-0.05, 0) is 120 Å². The highest BCUT2D eigenvalue weighted by Crippen LogP contribution is 2.43. The van der Waals surface area contributed by atoms with Gasteiger partial charge >= 0.3 is 0 Å². The molecule has 3 heteroatoms. The standard InChI is InChI=1S/C72H45N3/c1-4-22-55-46(16-1)19-13-28-58(55)49-34-37-64-61-25-7-10-31-67(61)73(70(64)40-49)52-43-53(74-68-32-11-8-26-62(68)65-38-35-50(41-71(65)74)59-29-14-20-47-17-2-5-23-56(47)59)45-54(44-52)75-69-33-12-9-27-63(69)66-39-36-51(42-72(66)75)60-30-15-21-48-18-3-6-24-57(48)60/h1-45H. The first-order valence-corrected chi connectivity index (χ1v) is 25.9. The molecule has 13 aromatic carbocycles. The summed E-state index contributed by atoms with van der Waals surface area (Å²) in [4.78, 5) is 0. The molecule has 3 heterocycles. The molecule has 16 aromatic rings. The van der Waals surface area contributed by atoms with Gasteiger partial charge in [0.25, 0.3) is 0 Å².